The lowest BCUT2D eigenvalue weighted by atomic mass is 10.0. The molecule has 3 heterocycles. The summed E-state index contributed by atoms with van der Waals surface area (Å²) < 4.78 is 9.47. The van der Waals surface area contributed by atoms with Gasteiger partial charge in [-0.25, -0.2) is 4.68 Å². The standard InChI is InChI=1S/C31H25N5O2S/c1-3-38-26-16-15-23(18-21(26)2)29-24(20-35(34-29)25-12-8-5-9-13-25)19-27-30(37)36-31(39-27)32-28(33-36)17-14-22-10-6-4-7-11-22/h4-20H,3H2,1-2H3/b17-14+,27-19-. The van der Waals surface area contributed by atoms with E-state index in [4.69, 9.17) is 9.84 Å². The van der Waals surface area contributed by atoms with E-state index >= 15 is 0 Å². The summed E-state index contributed by atoms with van der Waals surface area (Å²) >= 11 is 1.31. The van der Waals surface area contributed by atoms with Gasteiger partial charge in [0, 0.05) is 17.3 Å². The summed E-state index contributed by atoms with van der Waals surface area (Å²) in [5.41, 5.74) is 5.33. The van der Waals surface area contributed by atoms with Gasteiger partial charge in [0.15, 0.2) is 5.82 Å². The summed E-state index contributed by atoms with van der Waals surface area (Å²) in [4.78, 5) is 18.4. The normalized spacial score (nSPS) is 12.1. The first-order valence-corrected chi connectivity index (χ1v) is 13.4. The van der Waals surface area contributed by atoms with Gasteiger partial charge in [-0.15, -0.1) is 5.10 Å². The average Bonchev–Trinajstić information content (AvgIpc) is 3.65. The van der Waals surface area contributed by atoms with E-state index in [9.17, 15) is 4.79 Å². The zero-order valence-electron chi connectivity index (χ0n) is 21.5. The number of aromatic nitrogens is 5. The molecule has 39 heavy (non-hydrogen) atoms. The van der Waals surface area contributed by atoms with E-state index in [2.05, 4.69) is 16.1 Å². The fourth-order valence-corrected chi connectivity index (χ4v) is 5.25. The molecule has 192 valence electrons. The molecule has 0 saturated heterocycles. The largest absolute Gasteiger partial charge is 0.494 e. The number of ether oxygens (including phenoxy) is 1. The van der Waals surface area contributed by atoms with E-state index in [1.54, 1.807) is 0 Å². The van der Waals surface area contributed by atoms with Crippen molar-refractivity contribution >= 4 is 34.5 Å². The Bertz CT molecular complexity index is 1900. The monoisotopic (exact) mass is 531 g/mol. The number of aryl methyl sites for hydroxylation is 1. The molecule has 0 aliphatic carbocycles. The van der Waals surface area contributed by atoms with E-state index in [1.165, 1.54) is 15.9 Å². The third-order valence-corrected chi connectivity index (χ3v) is 7.18. The molecule has 0 radical (unpaired) electrons. The number of hydrogen-bond acceptors (Lipinski definition) is 6. The summed E-state index contributed by atoms with van der Waals surface area (Å²) in [6.07, 6.45) is 7.56. The molecule has 0 unspecified atom stereocenters. The molecule has 0 aliphatic rings. The topological polar surface area (TPSA) is 74.3 Å². The van der Waals surface area contributed by atoms with Crippen LogP contribution < -0.4 is 14.8 Å². The second-order valence-electron chi connectivity index (χ2n) is 8.95. The van der Waals surface area contributed by atoms with Crippen LogP contribution >= 0.6 is 11.3 Å². The summed E-state index contributed by atoms with van der Waals surface area (Å²) in [5.74, 6) is 1.34. The predicted molar refractivity (Wildman–Crippen MR) is 156 cm³/mol. The van der Waals surface area contributed by atoms with Gasteiger partial charge >= 0.3 is 0 Å². The SMILES string of the molecule is CCOc1ccc(-c2nn(-c3ccccc3)cc2/C=c2\sc3nc(/C=C/c4ccccc4)nn3c2=O)cc1C. The van der Waals surface area contributed by atoms with Gasteiger partial charge in [0.05, 0.1) is 16.8 Å². The van der Waals surface area contributed by atoms with Crippen LogP contribution in [0.4, 0.5) is 0 Å². The zero-order valence-corrected chi connectivity index (χ0v) is 22.3. The Kier molecular flexibility index (Phi) is 6.61. The van der Waals surface area contributed by atoms with E-state index < -0.39 is 0 Å². The van der Waals surface area contributed by atoms with Crippen LogP contribution in [0.1, 0.15) is 29.4 Å². The van der Waals surface area contributed by atoms with Crippen LogP contribution in [-0.4, -0.2) is 31.0 Å². The van der Waals surface area contributed by atoms with E-state index in [-0.39, 0.29) is 5.56 Å². The number of para-hydroxylation sites is 1. The number of hydrogen-bond donors (Lipinski definition) is 0. The maximum atomic E-state index is 13.3. The summed E-state index contributed by atoms with van der Waals surface area (Å²) in [7, 11) is 0. The molecule has 7 nitrogen and oxygen atoms in total. The van der Waals surface area contributed by atoms with Gasteiger partial charge in [-0.2, -0.15) is 14.6 Å². The summed E-state index contributed by atoms with van der Waals surface area (Å²) in [5, 5.41) is 9.33. The Labute approximate surface area is 229 Å². The quantitative estimate of drug-likeness (QED) is 0.275. The van der Waals surface area contributed by atoms with Crippen molar-refractivity contribution < 1.29 is 4.74 Å². The van der Waals surface area contributed by atoms with Crippen molar-refractivity contribution in [2.24, 2.45) is 0 Å². The van der Waals surface area contributed by atoms with Crippen molar-refractivity contribution in [3.63, 3.8) is 0 Å². The molecule has 0 amide bonds. The van der Waals surface area contributed by atoms with Gasteiger partial charge in [0.25, 0.3) is 5.56 Å². The lowest BCUT2D eigenvalue weighted by molar-refractivity contribution is 0.338. The summed E-state index contributed by atoms with van der Waals surface area (Å²) in [6, 6.07) is 25.8. The number of rotatable bonds is 7. The highest BCUT2D eigenvalue weighted by molar-refractivity contribution is 7.15. The molecule has 6 aromatic rings. The number of thiazole rings is 1. The molecule has 0 atom stereocenters. The fourth-order valence-electron chi connectivity index (χ4n) is 4.34. The van der Waals surface area contributed by atoms with Crippen LogP contribution in [0.25, 0.3) is 40.1 Å². The molecule has 8 heteroatoms. The van der Waals surface area contributed by atoms with Crippen LogP contribution in [0.2, 0.25) is 0 Å². The highest BCUT2D eigenvalue weighted by Crippen LogP contribution is 2.29. The van der Waals surface area contributed by atoms with Crippen molar-refractivity contribution in [2.45, 2.75) is 13.8 Å². The predicted octanol–water partition coefficient (Wildman–Crippen LogP) is 5.43. The third-order valence-electron chi connectivity index (χ3n) is 6.22. The fraction of sp³-hybridized carbons (Fsp3) is 0.0968. The van der Waals surface area contributed by atoms with Crippen molar-refractivity contribution in [1.29, 1.82) is 0 Å². The maximum absolute atomic E-state index is 13.3. The molecule has 0 aliphatic heterocycles. The van der Waals surface area contributed by atoms with E-state index in [0.29, 0.717) is 21.9 Å². The van der Waals surface area contributed by atoms with Gasteiger partial charge in [0.2, 0.25) is 4.96 Å². The maximum Gasteiger partial charge on any atom is 0.291 e. The molecule has 3 aromatic carbocycles. The van der Waals surface area contributed by atoms with E-state index in [0.717, 1.165) is 39.4 Å². The highest BCUT2D eigenvalue weighted by atomic mass is 32.1. The Morgan fingerprint density at radius 1 is 0.949 bits per heavy atom. The van der Waals surface area contributed by atoms with Crippen molar-refractivity contribution in [3.05, 3.63) is 122 Å². The first kappa shape index (κ1) is 24.5. The Balaban J connectivity index is 1.42. The van der Waals surface area contributed by atoms with Gasteiger partial charge in [-0.3, -0.25) is 4.79 Å². The third kappa shape index (κ3) is 5.02. The molecule has 0 fully saturated rings. The van der Waals surface area contributed by atoms with Crippen molar-refractivity contribution in [3.8, 4) is 22.7 Å². The molecule has 0 bridgehead atoms. The van der Waals surface area contributed by atoms with Gasteiger partial charge < -0.3 is 4.74 Å². The van der Waals surface area contributed by atoms with Gasteiger partial charge in [-0.05, 0) is 67.5 Å². The molecular weight excluding hydrogens is 506 g/mol. The Hall–Kier alpha value is -4.82. The number of benzene rings is 3. The first-order chi connectivity index (χ1) is 19.1. The Morgan fingerprint density at radius 3 is 2.44 bits per heavy atom. The molecule has 6 rings (SSSR count). The second-order valence-corrected chi connectivity index (χ2v) is 9.96. The van der Waals surface area contributed by atoms with Crippen molar-refractivity contribution in [1.82, 2.24) is 24.4 Å². The highest BCUT2D eigenvalue weighted by Gasteiger charge is 2.15. The first-order valence-electron chi connectivity index (χ1n) is 12.6. The minimum Gasteiger partial charge on any atom is -0.494 e. The van der Waals surface area contributed by atoms with Crippen LogP contribution in [0.5, 0.6) is 5.75 Å². The molecule has 0 spiro atoms. The van der Waals surface area contributed by atoms with Crippen LogP contribution in [0.15, 0.2) is 89.9 Å². The summed E-state index contributed by atoms with van der Waals surface area (Å²) in [6.45, 7) is 4.59. The Morgan fingerprint density at radius 2 is 1.72 bits per heavy atom. The smallest absolute Gasteiger partial charge is 0.291 e. The van der Waals surface area contributed by atoms with Crippen LogP contribution in [-0.2, 0) is 0 Å². The minimum absolute atomic E-state index is 0.205. The molecule has 3 aromatic heterocycles. The number of nitrogens with zero attached hydrogens (tertiary/aromatic N) is 5. The second kappa shape index (κ2) is 10.5. The van der Waals surface area contributed by atoms with E-state index in [1.807, 2.05) is 116 Å². The zero-order chi connectivity index (χ0) is 26.8. The molecule has 0 saturated carbocycles. The lowest BCUT2D eigenvalue weighted by Gasteiger charge is -2.08. The van der Waals surface area contributed by atoms with Gasteiger partial charge in [0.1, 0.15) is 11.4 Å². The van der Waals surface area contributed by atoms with Crippen LogP contribution in [0, 0.1) is 6.92 Å². The lowest BCUT2D eigenvalue weighted by Crippen LogP contribution is -2.23. The molecular formula is C31H25N5O2S. The van der Waals surface area contributed by atoms with Gasteiger partial charge in [-0.1, -0.05) is 65.9 Å². The molecule has 0 N–H and O–H groups in total. The average molecular weight is 532 g/mol. The van der Waals surface area contributed by atoms with Crippen molar-refractivity contribution in [2.75, 3.05) is 6.61 Å². The van der Waals surface area contributed by atoms with Crippen LogP contribution in [0.3, 0.4) is 0 Å². The minimum atomic E-state index is -0.205. The number of fused-ring (bicyclic) bond motifs is 1.